The van der Waals surface area contributed by atoms with Gasteiger partial charge in [-0.25, -0.2) is 10.2 Å². The van der Waals surface area contributed by atoms with Crippen LogP contribution in [0.1, 0.15) is 48.2 Å². The Labute approximate surface area is 205 Å². The summed E-state index contributed by atoms with van der Waals surface area (Å²) in [6.07, 6.45) is 4.49. The third-order valence-corrected chi connectivity index (χ3v) is 5.05. The number of hydrazone groups is 1. The van der Waals surface area contributed by atoms with Crippen LogP contribution in [0.3, 0.4) is 0 Å². The fraction of sp³-hybridized carbons (Fsp3) is 0.250. The molecule has 182 valence electrons. The Morgan fingerprint density at radius 1 is 0.829 bits per heavy atom. The summed E-state index contributed by atoms with van der Waals surface area (Å²) < 4.78 is 16.5. The summed E-state index contributed by atoms with van der Waals surface area (Å²) in [6, 6.07) is 21.2. The molecule has 0 saturated carbocycles. The Bertz CT molecular complexity index is 1110. The number of amides is 1. The van der Waals surface area contributed by atoms with Gasteiger partial charge in [0.1, 0.15) is 17.2 Å². The molecule has 0 spiro atoms. The van der Waals surface area contributed by atoms with Gasteiger partial charge in [-0.15, -0.1) is 0 Å². The molecule has 0 saturated heterocycles. The number of esters is 1. The zero-order chi connectivity index (χ0) is 24.9. The van der Waals surface area contributed by atoms with Crippen LogP contribution in [-0.4, -0.2) is 31.3 Å². The molecule has 1 N–H and O–H groups in total. The number of nitrogens with zero attached hydrogens (tertiary/aromatic N) is 1. The summed E-state index contributed by atoms with van der Waals surface area (Å²) in [5.74, 6) is 0.934. The molecule has 35 heavy (non-hydrogen) atoms. The second-order valence-electron chi connectivity index (χ2n) is 7.76. The highest BCUT2D eigenvalue weighted by Crippen LogP contribution is 2.17. The van der Waals surface area contributed by atoms with Crippen molar-refractivity contribution in [2.75, 3.05) is 13.2 Å². The molecule has 3 aromatic rings. The second-order valence-corrected chi connectivity index (χ2v) is 7.76. The van der Waals surface area contributed by atoms with Gasteiger partial charge < -0.3 is 14.2 Å². The van der Waals surface area contributed by atoms with E-state index in [1.165, 1.54) is 11.8 Å². The lowest BCUT2D eigenvalue weighted by Gasteiger charge is -2.07. The van der Waals surface area contributed by atoms with E-state index in [9.17, 15) is 9.59 Å². The maximum Gasteiger partial charge on any atom is 0.343 e. The quantitative estimate of drug-likeness (QED) is 0.129. The molecule has 0 fully saturated rings. The molecule has 0 radical (unpaired) electrons. The molecule has 0 bridgehead atoms. The maximum absolute atomic E-state index is 12.4. The van der Waals surface area contributed by atoms with Gasteiger partial charge in [-0.05, 0) is 84.6 Å². The van der Waals surface area contributed by atoms with Crippen molar-refractivity contribution in [2.24, 2.45) is 5.10 Å². The fourth-order valence-electron chi connectivity index (χ4n) is 2.99. The van der Waals surface area contributed by atoms with Crippen molar-refractivity contribution in [1.29, 1.82) is 0 Å². The number of hydrogen-bond acceptors (Lipinski definition) is 6. The molecule has 0 aliphatic carbocycles. The van der Waals surface area contributed by atoms with Crippen molar-refractivity contribution in [3.63, 3.8) is 0 Å². The van der Waals surface area contributed by atoms with Crippen molar-refractivity contribution >= 4 is 18.1 Å². The van der Waals surface area contributed by atoms with Crippen LogP contribution in [0.5, 0.6) is 17.2 Å². The van der Waals surface area contributed by atoms with Crippen molar-refractivity contribution in [3.05, 3.63) is 89.5 Å². The van der Waals surface area contributed by atoms with Gasteiger partial charge in [-0.3, -0.25) is 4.79 Å². The zero-order valence-electron chi connectivity index (χ0n) is 20.0. The Morgan fingerprint density at radius 3 is 2.11 bits per heavy atom. The molecule has 0 unspecified atom stereocenters. The minimum absolute atomic E-state index is 0.135. The molecule has 0 atom stereocenters. The van der Waals surface area contributed by atoms with Crippen molar-refractivity contribution in [2.45, 2.75) is 33.1 Å². The van der Waals surface area contributed by atoms with Crippen LogP contribution in [0.25, 0.3) is 0 Å². The average Bonchev–Trinajstić information content (AvgIpc) is 2.89. The predicted octanol–water partition coefficient (Wildman–Crippen LogP) is 5.18. The third-order valence-electron chi connectivity index (χ3n) is 5.05. The number of rotatable bonds is 12. The molecule has 0 aromatic heterocycles. The molecule has 3 rings (SSSR count). The number of aryl methyl sites for hydroxylation is 1. The Morgan fingerprint density at radius 2 is 1.46 bits per heavy atom. The molecule has 0 aliphatic rings. The highest BCUT2D eigenvalue weighted by Gasteiger charge is 2.09. The lowest BCUT2D eigenvalue weighted by atomic mass is 10.2. The van der Waals surface area contributed by atoms with E-state index in [1.54, 1.807) is 48.5 Å². The zero-order valence-corrected chi connectivity index (χ0v) is 20.0. The van der Waals surface area contributed by atoms with E-state index < -0.39 is 5.97 Å². The normalized spacial score (nSPS) is 10.7. The smallest absolute Gasteiger partial charge is 0.343 e. The van der Waals surface area contributed by atoms with Gasteiger partial charge in [0.2, 0.25) is 0 Å². The first-order valence-corrected chi connectivity index (χ1v) is 11.7. The largest absolute Gasteiger partial charge is 0.494 e. The van der Waals surface area contributed by atoms with Gasteiger partial charge in [0.05, 0.1) is 18.4 Å². The lowest BCUT2D eigenvalue weighted by Crippen LogP contribution is -2.24. The predicted molar refractivity (Wildman–Crippen MR) is 135 cm³/mol. The summed E-state index contributed by atoms with van der Waals surface area (Å²) in [5, 5.41) is 3.93. The average molecular weight is 475 g/mol. The number of carbonyl (C=O) groups excluding carboxylic acids is 2. The maximum atomic E-state index is 12.4. The summed E-state index contributed by atoms with van der Waals surface area (Å²) in [5.41, 5.74) is 4.79. The van der Waals surface area contributed by atoms with E-state index in [2.05, 4.69) is 24.4 Å². The number of benzene rings is 3. The Hall–Kier alpha value is -4.13. The van der Waals surface area contributed by atoms with E-state index in [-0.39, 0.29) is 12.5 Å². The van der Waals surface area contributed by atoms with E-state index >= 15 is 0 Å². The van der Waals surface area contributed by atoms with Crippen LogP contribution in [-0.2, 0) is 11.2 Å². The first-order valence-electron chi connectivity index (χ1n) is 11.7. The first-order chi connectivity index (χ1) is 17.1. The molecular weight excluding hydrogens is 444 g/mol. The number of unbranched alkanes of at least 4 members (excludes halogenated alkanes) is 1. The fourth-order valence-corrected chi connectivity index (χ4v) is 2.99. The summed E-state index contributed by atoms with van der Waals surface area (Å²) in [7, 11) is 0. The number of ether oxygens (including phenoxy) is 3. The van der Waals surface area contributed by atoms with Crippen molar-refractivity contribution in [3.8, 4) is 17.2 Å². The Balaban J connectivity index is 1.42. The van der Waals surface area contributed by atoms with E-state index in [1.807, 2.05) is 24.3 Å². The van der Waals surface area contributed by atoms with Gasteiger partial charge in [0.15, 0.2) is 6.61 Å². The van der Waals surface area contributed by atoms with Gasteiger partial charge in [0, 0.05) is 0 Å². The number of carbonyl (C=O) groups is 2. The van der Waals surface area contributed by atoms with Gasteiger partial charge >= 0.3 is 5.97 Å². The lowest BCUT2D eigenvalue weighted by molar-refractivity contribution is -0.123. The summed E-state index contributed by atoms with van der Waals surface area (Å²) in [4.78, 5) is 24.3. The summed E-state index contributed by atoms with van der Waals surface area (Å²) in [6.45, 7) is 4.70. The van der Waals surface area contributed by atoms with E-state index in [0.717, 1.165) is 30.6 Å². The number of hydrogen-bond donors (Lipinski definition) is 1. The minimum atomic E-state index is -0.455. The van der Waals surface area contributed by atoms with Crippen LogP contribution >= 0.6 is 0 Å². The standard InChI is InChI=1S/C28H30N2O5/c1-3-5-18-33-24-16-10-23(11-17-24)28(32)35-26-14-8-22(9-15-26)19-29-30-27(31)20-34-25-12-6-21(4-2)7-13-25/h6-17,19H,3-5,18,20H2,1-2H3,(H,30,31). The molecular formula is C28H30N2O5. The van der Waals surface area contributed by atoms with E-state index in [0.29, 0.717) is 23.7 Å². The van der Waals surface area contributed by atoms with Crippen LogP contribution in [0.4, 0.5) is 0 Å². The second kappa shape index (κ2) is 13.5. The van der Waals surface area contributed by atoms with Gasteiger partial charge in [-0.1, -0.05) is 32.4 Å². The van der Waals surface area contributed by atoms with Gasteiger partial charge in [0.25, 0.3) is 5.91 Å². The summed E-state index contributed by atoms with van der Waals surface area (Å²) >= 11 is 0. The molecule has 0 aliphatic heterocycles. The monoisotopic (exact) mass is 474 g/mol. The van der Waals surface area contributed by atoms with Crippen LogP contribution in [0.15, 0.2) is 77.9 Å². The van der Waals surface area contributed by atoms with Crippen molar-refractivity contribution < 1.29 is 23.8 Å². The van der Waals surface area contributed by atoms with Crippen LogP contribution in [0, 0.1) is 0 Å². The van der Waals surface area contributed by atoms with Crippen LogP contribution < -0.4 is 19.6 Å². The molecule has 7 heteroatoms. The highest BCUT2D eigenvalue weighted by molar-refractivity contribution is 5.91. The van der Waals surface area contributed by atoms with E-state index in [4.69, 9.17) is 14.2 Å². The molecule has 7 nitrogen and oxygen atoms in total. The molecule has 3 aromatic carbocycles. The number of nitrogens with one attached hydrogen (secondary N) is 1. The molecule has 0 heterocycles. The highest BCUT2D eigenvalue weighted by atomic mass is 16.5. The third kappa shape index (κ3) is 8.62. The van der Waals surface area contributed by atoms with Crippen LogP contribution in [0.2, 0.25) is 0 Å². The van der Waals surface area contributed by atoms with Gasteiger partial charge in [-0.2, -0.15) is 5.10 Å². The van der Waals surface area contributed by atoms with Crippen molar-refractivity contribution in [1.82, 2.24) is 5.43 Å². The first kappa shape index (κ1) is 25.5. The Kier molecular flexibility index (Phi) is 9.87. The SMILES string of the molecule is CCCCOc1ccc(C(=O)Oc2ccc(C=NNC(=O)COc3ccc(CC)cc3)cc2)cc1. The molecule has 1 amide bonds. The topological polar surface area (TPSA) is 86.2 Å². The minimum Gasteiger partial charge on any atom is -0.494 e.